The van der Waals surface area contributed by atoms with E-state index in [0.29, 0.717) is 0 Å². The van der Waals surface area contributed by atoms with Crippen molar-refractivity contribution in [2.45, 2.75) is 39.8 Å². The van der Waals surface area contributed by atoms with Crippen LogP contribution < -0.4 is 5.32 Å². The van der Waals surface area contributed by atoms with Crippen LogP contribution in [0.2, 0.25) is 0 Å². The summed E-state index contributed by atoms with van der Waals surface area (Å²) in [6, 6.07) is 0.141. The van der Waals surface area contributed by atoms with Gasteiger partial charge in [-0.2, -0.15) is 0 Å². The van der Waals surface area contributed by atoms with Crippen molar-refractivity contribution in [1.29, 1.82) is 0 Å². The van der Waals surface area contributed by atoms with Crippen molar-refractivity contribution in [3.63, 3.8) is 0 Å². The molecule has 0 amide bonds. The lowest BCUT2D eigenvalue weighted by atomic mass is 10.2. The minimum Gasteiger partial charge on any atom is -0.304 e. The minimum atomic E-state index is 0.141. The van der Waals surface area contributed by atoms with Gasteiger partial charge >= 0.3 is 0 Å². The van der Waals surface area contributed by atoms with E-state index in [-0.39, 0.29) is 6.04 Å². The van der Waals surface area contributed by atoms with Crippen LogP contribution in [-0.4, -0.2) is 26.5 Å². The van der Waals surface area contributed by atoms with Crippen molar-refractivity contribution in [2.24, 2.45) is 0 Å². The average molecular weight is 265 g/mol. The van der Waals surface area contributed by atoms with Gasteiger partial charge in [0.1, 0.15) is 0 Å². The Morgan fingerprint density at radius 2 is 2.22 bits per heavy atom. The highest BCUT2D eigenvalue weighted by Gasteiger charge is 2.20. The molecule has 18 heavy (non-hydrogen) atoms. The number of hydrogen-bond acceptors (Lipinski definition) is 5. The van der Waals surface area contributed by atoms with Crippen LogP contribution >= 0.6 is 11.3 Å². The molecule has 0 fully saturated rings. The number of hydrogen-bond donors (Lipinski definition) is 1. The first-order chi connectivity index (χ1) is 8.76. The summed E-state index contributed by atoms with van der Waals surface area (Å²) >= 11 is 1.72. The number of rotatable bonds is 6. The Hall–Kier alpha value is -1.27. The summed E-state index contributed by atoms with van der Waals surface area (Å²) in [4.78, 5) is 5.55. The molecule has 0 bridgehead atoms. The van der Waals surface area contributed by atoms with Crippen molar-refractivity contribution >= 4 is 11.3 Å². The Bertz CT molecular complexity index is 490. The maximum Gasteiger partial charge on any atom is 0.0897 e. The normalized spacial score (nSPS) is 12.8. The molecule has 1 unspecified atom stereocenters. The highest BCUT2D eigenvalue weighted by atomic mass is 32.1. The molecule has 1 N–H and O–H groups in total. The SMILES string of the molecule is CCCn1nncc1C(NCC)c1cnc(C)s1. The summed E-state index contributed by atoms with van der Waals surface area (Å²) in [5.41, 5.74) is 1.11. The zero-order chi connectivity index (χ0) is 13.0. The molecule has 0 spiro atoms. The lowest BCUT2D eigenvalue weighted by Gasteiger charge is -2.16. The van der Waals surface area contributed by atoms with Crippen LogP contribution in [0.4, 0.5) is 0 Å². The van der Waals surface area contributed by atoms with Crippen molar-refractivity contribution < 1.29 is 0 Å². The van der Waals surface area contributed by atoms with Crippen molar-refractivity contribution in [1.82, 2.24) is 25.3 Å². The van der Waals surface area contributed by atoms with Crippen molar-refractivity contribution in [3.8, 4) is 0 Å². The first-order valence-electron chi connectivity index (χ1n) is 6.30. The van der Waals surface area contributed by atoms with Crippen molar-refractivity contribution in [2.75, 3.05) is 6.54 Å². The van der Waals surface area contributed by atoms with E-state index in [4.69, 9.17) is 0 Å². The average Bonchev–Trinajstić information content (AvgIpc) is 2.96. The van der Waals surface area contributed by atoms with Gasteiger partial charge in [0.2, 0.25) is 0 Å². The fourth-order valence-electron chi connectivity index (χ4n) is 1.94. The van der Waals surface area contributed by atoms with Crippen LogP contribution in [0.25, 0.3) is 0 Å². The van der Waals surface area contributed by atoms with Gasteiger partial charge < -0.3 is 5.32 Å². The molecule has 98 valence electrons. The van der Waals surface area contributed by atoms with Crippen LogP contribution in [0.1, 0.15) is 41.9 Å². The summed E-state index contributed by atoms with van der Waals surface area (Å²) in [6.45, 7) is 8.08. The third kappa shape index (κ3) is 2.76. The van der Waals surface area contributed by atoms with E-state index in [9.17, 15) is 0 Å². The van der Waals surface area contributed by atoms with Gasteiger partial charge in [0, 0.05) is 17.6 Å². The number of nitrogens with one attached hydrogen (secondary N) is 1. The van der Waals surface area contributed by atoms with Gasteiger partial charge in [-0.25, -0.2) is 9.67 Å². The Labute approximate surface area is 111 Å². The molecule has 2 rings (SSSR count). The second-order valence-corrected chi connectivity index (χ2v) is 5.42. The molecule has 0 aliphatic carbocycles. The molecule has 0 saturated heterocycles. The second kappa shape index (κ2) is 6.06. The molecule has 2 aromatic heterocycles. The van der Waals surface area contributed by atoms with Gasteiger partial charge in [-0.15, -0.1) is 16.4 Å². The molecule has 0 radical (unpaired) electrons. The highest BCUT2D eigenvalue weighted by molar-refractivity contribution is 7.11. The van der Waals surface area contributed by atoms with E-state index in [0.717, 1.165) is 30.2 Å². The molecule has 1 atom stereocenters. The highest BCUT2D eigenvalue weighted by Crippen LogP contribution is 2.26. The minimum absolute atomic E-state index is 0.141. The van der Waals surface area contributed by atoms with Crippen LogP contribution in [0, 0.1) is 6.92 Å². The molecular formula is C12H19N5S. The predicted octanol–water partition coefficient (Wildman–Crippen LogP) is 2.15. The predicted molar refractivity (Wildman–Crippen MR) is 72.7 cm³/mol. The third-order valence-corrected chi connectivity index (χ3v) is 3.69. The number of nitrogens with zero attached hydrogens (tertiary/aromatic N) is 4. The molecule has 2 aromatic rings. The molecule has 0 aliphatic heterocycles. The second-order valence-electron chi connectivity index (χ2n) is 4.15. The summed E-state index contributed by atoms with van der Waals surface area (Å²) in [5, 5.41) is 12.8. The quantitative estimate of drug-likeness (QED) is 0.869. The van der Waals surface area contributed by atoms with Gasteiger partial charge in [0.05, 0.1) is 22.9 Å². The molecule has 0 aromatic carbocycles. The topological polar surface area (TPSA) is 55.6 Å². The lowest BCUT2D eigenvalue weighted by molar-refractivity contribution is 0.514. The fourth-order valence-corrected chi connectivity index (χ4v) is 2.81. The van der Waals surface area contributed by atoms with Crippen molar-refractivity contribution in [3.05, 3.63) is 28.0 Å². The first kappa shape index (κ1) is 13.2. The standard InChI is InChI=1S/C12H19N5S/c1-4-6-17-10(7-15-16-17)12(13-5-2)11-8-14-9(3)18-11/h7-8,12-13H,4-6H2,1-3H3. The number of aromatic nitrogens is 4. The summed E-state index contributed by atoms with van der Waals surface area (Å²) in [6.07, 6.45) is 4.84. The number of thiazole rings is 1. The zero-order valence-corrected chi connectivity index (χ0v) is 11.9. The van der Waals surface area contributed by atoms with Crippen LogP contribution in [-0.2, 0) is 6.54 Å². The largest absolute Gasteiger partial charge is 0.304 e. The van der Waals surface area contributed by atoms with E-state index < -0.39 is 0 Å². The van der Waals surface area contributed by atoms with Crippen LogP contribution in [0.5, 0.6) is 0 Å². The summed E-state index contributed by atoms with van der Waals surface area (Å²) in [7, 11) is 0. The zero-order valence-electron chi connectivity index (χ0n) is 11.1. The van der Waals surface area contributed by atoms with E-state index >= 15 is 0 Å². The van der Waals surface area contributed by atoms with E-state index in [1.807, 2.05) is 24.0 Å². The Morgan fingerprint density at radius 1 is 1.39 bits per heavy atom. The maximum absolute atomic E-state index is 4.33. The fraction of sp³-hybridized carbons (Fsp3) is 0.583. The Morgan fingerprint density at radius 3 is 2.83 bits per heavy atom. The molecule has 0 aliphatic rings. The first-order valence-corrected chi connectivity index (χ1v) is 7.12. The number of aryl methyl sites for hydroxylation is 2. The summed E-state index contributed by atoms with van der Waals surface area (Å²) < 4.78 is 1.97. The van der Waals surface area contributed by atoms with Gasteiger partial charge in [0.15, 0.2) is 0 Å². The molecular weight excluding hydrogens is 246 g/mol. The molecule has 2 heterocycles. The van der Waals surface area contributed by atoms with E-state index in [2.05, 4.69) is 34.5 Å². The van der Waals surface area contributed by atoms with Crippen LogP contribution in [0.3, 0.4) is 0 Å². The Balaban J connectivity index is 2.31. The summed E-state index contributed by atoms with van der Waals surface area (Å²) in [5.74, 6) is 0. The molecule has 0 saturated carbocycles. The van der Waals surface area contributed by atoms with E-state index in [1.54, 1.807) is 11.3 Å². The van der Waals surface area contributed by atoms with E-state index in [1.165, 1.54) is 4.88 Å². The Kier molecular flexibility index (Phi) is 4.43. The van der Waals surface area contributed by atoms with Gasteiger partial charge in [-0.3, -0.25) is 0 Å². The smallest absolute Gasteiger partial charge is 0.0897 e. The van der Waals surface area contributed by atoms with Crippen LogP contribution in [0.15, 0.2) is 12.4 Å². The maximum atomic E-state index is 4.33. The monoisotopic (exact) mass is 265 g/mol. The lowest BCUT2D eigenvalue weighted by Crippen LogP contribution is -2.24. The molecule has 6 heteroatoms. The molecule has 5 nitrogen and oxygen atoms in total. The van der Waals surface area contributed by atoms with Gasteiger partial charge in [-0.05, 0) is 19.9 Å². The van der Waals surface area contributed by atoms with Gasteiger partial charge in [-0.1, -0.05) is 19.1 Å². The van der Waals surface area contributed by atoms with Gasteiger partial charge in [0.25, 0.3) is 0 Å². The third-order valence-electron chi connectivity index (χ3n) is 2.71.